The van der Waals surface area contributed by atoms with Gasteiger partial charge in [-0.2, -0.15) is 0 Å². The van der Waals surface area contributed by atoms with Crippen molar-refractivity contribution in [2.75, 3.05) is 16.9 Å². The molecule has 0 radical (unpaired) electrons. The first-order valence-electron chi connectivity index (χ1n) is 14.1. The summed E-state index contributed by atoms with van der Waals surface area (Å²) in [5.41, 5.74) is 1.44. The number of hydrogen-bond acceptors (Lipinski definition) is 6. The van der Waals surface area contributed by atoms with E-state index in [0.29, 0.717) is 21.8 Å². The molecular weight excluding hydrogens is 646 g/mol. The third-order valence-corrected chi connectivity index (χ3v) is 11.2. The first-order chi connectivity index (χ1) is 21.4. The van der Waals surface area contributed by atoms with E-state index in [4.69, 9.17) is 39.5 Å². The van der Waals surface area contributed by atoms with E-state index in [-0.39, 0.29) is 30.0 Å². The Balaban J connectivity index is 1.40. The molecule has 2 aliphatic heterocycles. The maximum Gasteiger partial charge on any atom is 0.258 e. The average molecular weight is 670 g/mol. The van der Waals surface area contributed by atoms with Crippen LogP contribution < -0.4 is 14.5 Å². The van der Waals surface area contributed by atoms with Gasteiger partial charge in [-0.3, -0.25) is 24.1 Å². The van der Waals surface area contributed by atoms with Gasteiger partial charge in [0.05, 0.1) is 30.3 Å². The van der Waals surface area contributed by atoms with Crippen molar-refractivity contribution >= 4 is 69.8 Å². The Morgan fingerprint density at radius 2 is 1.51 bits per heavy atom. The predicted octanol–water partition coefficient (Wildman–Crippen LogP) is 5.96. The van der Waals surface area contributed by atoms with Crippen LogP contribution in [0.3, 0.4) is 0 Å². The fourth-order valence-electron chi connectivity index (χ4n) is 7.49. The number of fused-ring (bicyclic) bond motifs is 4. The molecule has 3 aromatic rings. The second kappa shape index (κ2) is 10.3. The number of carbonyl (C=O) groups excluding carboxylic acids is 4. The monoisotopic (exact) mass is 668 g/mol. The van der Waals surface area contributed by atoms with E-state index in [1.165, 1.54) is 31.4 Å². The number of hydrogen-bond donors (Lipinski definition) is 1. The smallest absolute Gasteiger partial charge is 0.258 e. The second-order valence-corrected chi connectivity index (χ2v) is 13.3. The molecular formula is C33H24Cl3FN2O6. The number of phenols is 1. The molecule has 2 heterocycles. The summed E-state index contributed by atoms with van der Waals surface area (Å²) in [7, 11) is 1.37. The molecule has 8 nitrogen and oxygen atoms in total. The van der Waals surface area contributed by atoms with Crippen molar-refractivity contribution in [2.45, 2.75) is 28.5 Å². The molecule has 230 valence electrons. The third kappa shape index (κ3) is 4.03. The quantitative estimate of drug-likeness (QED) is 0.209. The van der Waals surface area contributed by atoms with E-state index >= 15 is 0 Å². The number of alkyl halides is 2. The molecule has 45 heavy (non-hydrogen) atoms. The Kier molecular flexibility index (Phi) is 6.82. The van der Waals surface area contributed by atoms with E-state index in [2.05, 4.69) is 0 Å². The highest BCUT2D eigenvalue weighted by Crippen LogP contribution is 2.66. The summed E-state index contributed by atoms with van der Waals surface area (Å²) in [6.07, 6.45) is 1.78. The highest BCUT2D eigenvalue weighted by molar-refractivity contribution is 6.58. The molecule has 0 bridgehead atoms. The maximum atomic E-state index is 14.4. The Labute approximate surface area is 271 Å². The zero-order valence-corrected chi connectivity index (χ0v) is 25.8. The zero-order valence-electron chi connectivity index (χ0n) is 23.5. The predicted molar refractivity (Wildman–Crippen MR) is 165 cm³/mol. The largest absolute Gasteiger partial charge is 0.504 e. The third-order valence-electron chi connectivity index (χ3n) is 9.52. The fourth-order valence-corrected chi connectivity index (χ4v) is 8.55. The van der Waals surface area contributed by atoms with Crippen molar-refractivity contribution in [3.05, 3.63) is 94.8 Å². The zero-order chi connectivity index (χ0) is 32.0. The Morgan fingerprint density at radius 1 is 0.867 bits per heavy atom. The normalized spacial score (nSPS) is 30.6. The minimum Gasteiger partial charge on any atom is -0.504 e. The summed E-state index contributed by atoms with van der Waals surface area (Å²) in [5.74, 6) is -6.57. The van der Waals surface area contributed by atoms with Crippen molar-refractivity contribution in [1.29, 1.82) is 0 Å². The molecule has 0 unspecified atom stereocenters. The highest BCUT2D eigenvalue weighted by atomic mass is 35.5. The van der Waals surface area contributed by atoms with Crippen molar-refractivity contribution in [1.82, 2.24) is 0 Å². The summed E-state index contributed by atoms with van der Waals surface area (Å²) < 4.78 is 19.2. The van der Waals surface area contributed by atoms with Crippen molar-refractivity contribution in [3.63, 3.8) is 0 Å². The summed E-state index contributed by atoms with van der Waals surface area (Å²) in [5, 5.41) is 10.8. The number of allylic oxidation sites excluding steroid dienone is 2. The average Bonchev–Trinajstić information content (AvgIpc) is 3.36. The summed E-state index contributed by atoms with van der Waals surface area (Å²) in [6.45, 7) is 0. The molecule has 0 spiro atoms. The Hall–Kier alpha value is -3.92. The van der Waals surface area contributed by atoms with E-state index in [1.807, 2.05) is 6.08 Å². The van der Waals surface area contributed by atoms with Gasteiger partial charge in [0.25, 0.3) is 11.8 Å². The fraction of sp³-hybridized carbons (Fsp3) is 0.273. The number of benzene rings is 3. The van der Waals surface area contributed by atoms with Gasteiger partial charge >= 0.3 is 0 Å². The van der Waals surface area contributed by atoms with Gasteiger partial charge < -0.3 is 9.84 Å². The molecule has 3 aromatic carbocycles. The number of phenolic OH excluding ortho intramolecular Hbond substituents is 1. The molecule has 4 amide bonds. The van der Waals surface area contributed by atoms with Crippen LogP contribution in [0.2, 0.25) is 5.02 Å². The number of ether oxygens (including phenoxy) is 1. The molecule has 4 aliphatic rings. The van der Waals surface area contributed by atoms with Gasteiger partial charge in [0.1, 0.15) is 5.82 Å². The standard InChI is InChI=1S/C33H24Cl3FN2O6/c1-45-25-14-16(2-13-24(25)40)27-21-11-12-22-26(29(42)38(28(22)41)19-7-3-17(34)4-8-19)23(21)15-32(35)30(43)39(31(44)33(27,32)36)20-9-5-18(37)6-10-20/h2-11,13-14,22-23,26-27,40H,12,15H2,1H3/t22-,23+,26-,27-,32+,33-/m0/s1. The number of halogens is 4. The van der Waals surface area contributed by atoms with Gasteiger partial charge in [-0.05, 0) is 85.0 Å². The van der Waals surface area contributed by atoms with Gasteiger partial charge in [-0.25, -0.2) is 9.29 Å². The van der Waals surface area contributed by atoms with Crippen LogP contribution in [0.15, 0.2) is 78.4 Å². The van der Waals surface area contributed by atoms with E-state index < -0.39 is 62.9 Å². The lowest BCUT2D eigenvalue weighted by atomic mass is 9.56. The van der Waals surface area contributed by atoms with Crippen molar-refractivity contribution in [3.8, 4) is 11.5 Å². The Morgan fingerprint density at radius 3 is 2.18 bits per heavy atom. The number of methoxy groups -OCH3 is 1. The first-order valence-corrected chi connectivity index (χ1v) is 15.3. The number of aromatic hydroxyl groups is 1. The summed E-state index contributed by atoms with van der Waals surface area (Å²) in [4.78, 5) is 54.4. The van der Waals surface area contributed by atoms with Gasteiger partial charge in [-0.1, -0.05) is 29.3 Å². The topological polar surface area (TPSA) is 104 Å². The lowest BCUT2D eigenvalue weighted by Crippen LogP contribution is -2.60. The van der Waals surface area contributed by atoms with Crippen LogP contribution in [0.5, 0.6) is 11.5 Å². The minimum absolute atomic E-state index is 0.0822. The number of anilines is 2. The van der Waals surface area contributed by atoms with E-state index in [0.717, 1.165) is 21.9 Å². The molecule has 12 heteroatoms. The number of carbonyl (C=O) groups is 4. The lowest BCUT2D eigenvalue weighted by Gasteiger charge is -2.50. The van der Waals surface area contributed by atoms with Crippen LogP contribution in [0.1, 0.15) is 24.3 Å². The molecule has 1 N–H and O–H groups in total. The lowest BCUT2D eigenvalue weighted by molar-refractivity contribution is -0.125. The van der Waals surface area contributed by atoms with Crippen LogP contribution in [0.4, 0.5) is 15.8 Å². The van der Waals surface area contributed by atoms with Gasteiger partial charge in [-0.15, -0.1) is 23.2 Å². The van der Waals surface area contributed by atoms with Gasteiger partial charge in [0.15, 0.2) is 21.2 Å². The van der Waals surface area contributed by atoms with Crippen molar-refractivity contribution in [2.24, 2.45) is 17.8 Å². The second-order valence-electron chi connectivity index (χ2n) is 11.7. The van der Waals surface area contributed by atoms with Gasteiger partial charge in [0, 0.05) is 10.9 Å². The first kappa shape index (κ1) is 29.8. The molecule has 2 aliphatic carbocycles. The van der Waals surface area contributed by atoms with Crippen LogP contribution in [0.25, 0.3) is 0 Å². The number of nitrogens with zero attached hydrogens (tertiary/aromatic N) is 2. The van der Waals surface area contributed by atoms with Gasteiger partial charge in [0.2, 0.25) is 11.8 Å². The minimum atomic E-state index is -2.10. The van der Waals surface area contributed by atoms with E-state index in [1.54, 1.807) is 30.3 Å². The molecule has 0 aromatic heterocycles. The molecule has 1 saturated carbocycles. The number of amides is 4. The van der Waals surface area contributed by atoms with Crippen LogP contribution in [0, 0.1) is 23.6 Å². The molecule has 2 saturated heterocycles. The maximum absolute atomic E-state index is 14.4. The van der Waals surface area contributed by atoms with Crippen molar-refractivity contribution < 1.29 is 33.4 Å². The summed E-state index contributed by atoms with van der Waals surface area (Å²) in [6, 6.07) is 15.6. The summed E-state index contributed by atoms with van der Waals surface area (Å²) >= 11 is 20.7. The molecule has 3 fully saturated rings. The number of imide groups is 2. The van der Waals surface area contributed by atoms with Crippen LogP contribution in [-0.2, 0) is 19.2 Å². The highest BCUT2D eigenvalue weighted by Gasteiger charge is 2.76. The Bertz CT molecular complexity index is 1830. The molecule has 6 atom stereocenters. The SMILES string of the molecule is COc1cc([C@H]2C3=CC[C@@H]4C(=O)N(c5ccc(Cl)cc5)C(=O)[C@@H]4[C@@H]3C[C@@]3(Cl)C(=O)N(c4ccc(F)cc4)C(=O)[C@@]23Cl)ccc1O. The number of rotatable bonds is 4. The van der Waals surface area contributed by atoms with E-state index in [9.17, 15) is 28.7 Å². The van der Waals surface area contributed by atoms with Crippen LogP contribution >= 0.6 is 34.8 Å². The molecule has 7 rings (SSSR count). The van der Waals surface area contributed by atoms with Crippen LogP contribution in [-0.4, -0.2) is 45.6 Å².